The molecule has 1 heterocycles. The van der Waals surface area contributed by atoms with Crippen molar-refractivity contribution >= 4 is 24.4 Å². The number of nitrogens with zero attached hydrogens (tertiary/aromatic N) is 1. The molecular weight excluding hydrogens is 274 g/mol. The number of thiol groups is 1. The molecule has 0 radical (unpaired) electrons. The third-order valence-corrected chi connectivity index (χ3v) is 3.78. The lowest BCUT2D eigenvalue weighted by Gasteiger charge is -2.14. The molecule has 1 saturated heterocycles. The van der Waals surface area contributed by atoms with E-state index in [2.05, 4.69) is 28.2 Å². The highest BCUT2D eigenvalue weighted by Crippen LogP contribution is 2.05. The molecule has 5 nitrogen and oxygen atoms in total. The van der Waals surface area contributed by atoms with E-state index < -0.39 is 0 Å². The number of hydrogen-bond acceptors (Lipinski definition) is 4. The first-order valence-electron chi connectivity index (χ1n) is 7.59. The zero-order valence-corrected chi connectivity index (χ0v) is 13.1. The van der Waals surface area contributed by atoms with E-state index in [1.165, 1.54) is 25.9 Å². The summed E-state index contributed by atoms with van der Waals surface area (Å²) in [5.74, 6) is 0.343. The molecule has 0 atom stereocenters. The van der Waals surface area contributed by atoms with Crippen LogP contribution in [-0.4, -0.2) is 55.2 Å². The van der Waals surface area contributed by atoms with Gasteiger partial charge in [0.15, 0.2) is 0 Å². The monoisotopic (exact) mass is 301 g/mol. The fourth-order valence-corrected chi connectivity index (χ4v) is 2.43. The van der Waals surface area contributed by atoms with Crippen molar-refractivity contribution < 1.29 is 9.59 Å². The van der Waals surface area contributed by atoms with Crippen molar-refractivity contribution in [2.45, 2.75) is 38.5 Å². The van der Waals surface area contributed by atoms with Gasteiger partial charge in [-0.3, -0.25) is 9.59 Å². The SMILES string of the molecule is O=C(CS)NCCCCCC(=O)NCCN1CCCC1. The fraction of sp³-hybridized carbons (Fsp3) is 0.857. The minimum absolute atomic E-state index is 0.0343. The highest BCUT2D eigenvalue weighted by molar-refractivity contribution is 7.81. The second-order valence-corrected chi connectivity index (χ2v) is 5.53. The highest BCUT2D eigenvalue weighted by Gasteiger charge is 2.10. The number of likely N-dealkylation sites (tertiary alicyclic amines) is 1. The average Bonchev–Trinajstić information content (AvgIpc) is 2.95. The van der Waals surface area contributed by atoms with Crippen LogP contribution in [0.3, 0.4) is 0 Å². The minimum Gasteiger partial charge on any atom is -0.355 e. The molecular formula is C14H27N3O2S. The molecule has 0 aromatic carbocycles. The van der Waals surface area contributed by atoms with Crippen LogP contribution in [0.5, 0.6) is 0 Å². The number of hydrogen-bond donors (Lipinski definition) is 3. The van der Waals surface area contributed by atoms with Crippen molar-refractivity contribution in [1.82, 2.24) is 15.5 Å². The Morgan fingerprint density at radius 2 is 1.65 bits per heavy atom. The van der Waals surface area contributed by atoms with E-state index in [1.807, 2.05) is 0 Å². The number of carbonyl (C=O) groups is 2. The van der Waals surface area contributed by atoms with Gasteiger partial charge in [0, 0.05) is 26.1 Å². The van der Waals surface area contributed by atoms with E-state index in [0.29, 0.717) is 13.0 Å². The number of unbranched alkanes of at least 4 members (excludes halogenated alkanes) is 2. The number of amides is 2. The van der Waals surface area contributed by atoms with Crippen LogP contribution in [0, 0.1) is 0 Å². The zero-order chi connectivity index (χ0) is 14.6. The molecule has 0 aromatic rings. The summed E-state index contributed by atoms with van der Waals surface area (Å²) in [7, 11) is 0. The predicted molar refractivity (Wildman–Crippen MR) is 84.0 cm³/mol. The quantitative estimate of drug-likeness (QED) is 0.413. The summed E-state index contributed by atoms with van der Waals surface area (Å²) in [4.78, 5) is 24.9. The highest BCUT2D eigenvalue weighted by atomic mass is 32.1. The molecule has 0 saturated carbocycles. The molecule has 20 heavy (non-hydrogen) atoms. The van der Waals surface area contributed by atoms with E-state index in [-0.39, 0.29) is 17.6 Å². The maximum Gasteiger partial charge on any atom is 0.229 e. The Labute approximate surface area is 127 Å². The average molecular weight is 301 g/mol. The van der Waals surface area contributed by atoms with Crippen molar-refractivity contribution in [3.05, 3.63) is 0 Å². The van der Waals surface area contributed by atoms with Crippen LogP contribution in [0.15, 0.2) is 0 Å². The second kappa shape index (κ2) is 11.0. The largest absolute Gasteiger partial charge is 0.355 e. The first-order chi connectivity index (χ1) is 9.72. The van der Waals surface area contributed by atoms with E-state index in [1.54, 1.807) is 0 Å². The Morgan fingerprint density at radius 1 is 0.950 bits per heavy atom. The van der Waals surface area contributed by atoms with Gasteiger partial charge < -0.3 is 15.5 Å². The fourth-order valence-electron chi connectivity index (χ4n) is 2.32. The standard InChI is InChI=1S/C14H27N3O2S/c18-13(16-8-11-17-9-4-5-10-17)6-2-1-3-7-15-14(19)12-20/h20H,1-12H2,(H,15,19)(H,16,18). The maximum atomic E-state index is 11.6. The summed E-state index contributed by atoms with van der Waals surface area (Å²) < 4.78 is 0. The zero-order valence-electron chi connectivity index (χ0n) is 12.2. The van der Waals surface area contributed by atoms with Crippen LogP contribution in [0.4, 0.5) is 0 Å². The van der Waals surface area contributed by atoms with Gasteiger partial charge in [0.05, 0.1) is 5.75 Å². The summed E-state index contributed by atoms with van der Waals surface area (Å²) in [6.07, 6.45) is 5.93. The molecule has 116 valence electrons. The van der Waals surface area contributed by atoms with E-state index in [0.717, 1.165) is 32.4 Å². The third kappa shape index (κ3) is 8.43. The Hall–Kier alpha value is -0.750. The molecule has 0 aliphatic carbocycles. The predicted octanol–water partition coefficient (Wildman–Crippen LogP) is 0.805. The van der Waals surface area contributed by atoms with E-state index in [4.69, 9.17) is 0 Å². The Balaban J connectivity index is 1.86. The third-order valence-electron chi connectivity index (χ3n) is 3.50. The van der Waals surface area contributed by atoms with Crippen LogP contribution in [0.2, 0.25) is 0 Å². The molecule has 1 rings (SSSR count). The smallest absolute Gasteiger partial charge is 0.229 e. The number of nitrogens with one attached hydrogen (secondary N) is 2. The van der Waals surface area contributed by atoms with Gasteiger partial charge in [-0.15, -0.1) is 0 Å². The molecule has 0 aromatic heterocycles. The second-order valence-electron chi connectivity index (χ2n) is 5.22. The molecule has 6 heteroatoms. The van der Waals surface area contributed by atoms with Crippen molar-refractivity contribution in [3.63, 3.8) is 0 Å². The first-order valence-corrected chi connectivity index (χ1v) is 8.22. The number of rotatable bonds is 10. The molecule has 2 N–H and O–H groups in total. The Kier molecular flexibility index (Phi) is 9.49. The summed E-state index contributed by atoms with van der Waals surface area (Å²) in [6, 6.07) is 0. The van der Waals surface area contributed by atoms with E-state index in [9.17, 15) is 9.59 Å². The van der Waals surface area contributed by atoms with Crippen LogP contribution < -0.4 is 10.6 Å². The summed E-state index contributed by atoms with van der Waals surface area (Å²) in [6.45, 7) is 4.76. The molecule has 1 aliphatic rings. The van der Waals surface area contributed by atoms with Crippen molar-refractivity contribution in [2.75, 3.05) is 38.5 Å². The molecule has 1 fully saturated rings. The molecule has 0 spiro atoms. The van der Waals surface area contributed by atoms with Gasteiger partial charge in [0.25, 0.3) is 0 Å². The van der Waals surface area contributed by atoms with Crippen molar-refractivity contribution in [2.24, 2.45) is 0 Å². The molecule has 1 aliphatic heterocycles. The van der Waals surface area contributed by atoms with E-state index >= 15 is 0 Å². The van der Waals surface area contributed by atoms with Gasteiger partial charge in [0.1, 0.15) is 0 Å². The van der Waals surface area contributed by atoms with Crippen LogP contribution >= 0.6 is 12.6 Å². The minimum atomic E-state index is -0.0343. The summed E-state index contributed by atoms with van der Waals surface area (Å²) in [5, 5.41) is 5.73. The summed E-state index contributed by atoms with van der Waals surface area (Å²) >= 11 is 3.88. The lowest BCUT2D eigenvalue weighted by molar-refractivity contribution is -0.121. The van der Waals surface area contributed by atoms with Gasteiger partial charge in [-0.25, -0.2) is 0 Å². The van der Waals surface area contributed by atoms with Crippen LogP contribution in [0.1, 0.15) is 38.5 Å². The van der Waals surface area contributed by atoms with Gasteiger partial charge in [0.2, 0.25) is 11.8 Å². The first kappa shape index (κ1) is 17.3. The van der Waals surface area contributed by atoms with Crippen molar-refractivity contribution in [3.8, 4) is 0 Å². The van der Waals surface area contributed by atoms with Crippen LogP contribution in [-0.2, 0) is 9.59 Å². The van der Waals surface area contributed by atoms with Crippen LogP contribution in [0.25, 0.3) is 0 Å². The van der Waals surface area contributed by atoms with Gasteiger partial charge in [-0.1, -0.05) is 6.42 Å². The number of carbonyl (C=O) groups excluding carboxylic acids is 2. The van der Waals surface area contributed by atoms with Gasteiger partial charge in [-0.2, -0.15) is 12.6 Å². The van der Waals surface area contributed by atoms with Gasteiger partial charge in [-0.05, 0) is 38.8 Å². The topological polar surface area (TPSA) is 61.4 Å². The molecule has 0 unspecified atom stereocenters. The van der Waals surface area contributed by atoms with Crippen molar-refractivity contribution in [1.29, 1.82) is 0 Å². The Bertz CT molecular complexity index is 294. The summed E-state index contributed by atoms with van der Waals surface area (Å²) in [5.41, 5.74) is 0. The lowest BCUT2D eigenvalue weighted by atomic mass is 10.2. The maximum absolute atomic E-state index is 11.6. The normalized spacial score (nSPS) is 15.2. The Morgan fingerprint density at radius 3 is 2.35 bits per heavy atom. The molecule has 0 bridgehead atoms. The van der Waals surface area contributed by atoms with Gasteiger partial charge >= 0.3 is 0 Å². The molecule has 2 amide bonds. The lowest BCUT2D eigenvalue weighted by Crippen LogP contribution is -2.33.